The summed E-state index contributed by atoms with van der Waals surface area (Å²) in [7, 11) is 0. The zero-order valence-corrected chi connectivity index (χ0v) is 15.4. The third kappa shape index (κ3) is 4.88. The molecule has 0 aromatic heterocycles. The van der Waals surface area contributed by atoms with Crippen LogP contribution in [0.4, 0.5) is 0 Å². The standard InChI is InChI=1S/C19H21NO6.ClH/c21-13(10-22-14-5-6-17-19(7-14)25-12-24-17)8-20-9-15-11-23-16-3-1-2-4-18(16)26-15;/h1-7,13,15,20-21H,8-12H2;1H. The normalized spacial score (nSPS) is 17.7. The van der Waals surface area contributed by atoms with E-state index >= 15 is 0 Å². The van der Waals surface area contributed by atoms with E-state index in [2.05, 4.69) is 5.32 Å². The minimum absolute atomic E-state index is 0. The summed E-state index contributed by atoms with van der Waals surface area (Å²) in [5.41, 5.74) is 0. The molecule has 0 bridgehead atoms. The van der Waals surface area contributed by atoms with E-state index in [9.17, 15) is 5.11 Å². The van der Waals surface area contributed by atoms with Gasteiger partial charge in [-0.1, -0.05) is 12.1 Å². The maximum absolute atomic E-state index is 10.1. The topological polar surface area (TPSA) is 78.4 Å². The Bertz CT molecular complexity index is 759. The van der Waals surface area contributed by atoms with E-state index in [1.165, 1.54) is 0 Å². The highest BCUT2D eigenvalue weighted by atomic mass is 35.5. The van der Waals surface area contributed by atoms with Crippen LogP contribution in [0.15, 0.2) is 42.5 Å². The number of benzene rings is 2. The fraction of sp³-hybridized carbons (Fsp3) is 0.368. The fourth-order valence-corrected chi connectivity index (χ4v) is 2.79. The number of aliphatic hydroxyl groups excluding tert-OH is 1. The van der Waals surface area contributed by atoms with Gasteiger partial charge in [0.05, 0.1) is 0 Å². The molecule has 2 unspecified atom stereocenters. The lowest BCUT2D eigenvalue weighted by Crippen LogP contribution is -2.41. The van der Waals surface area contributed by atoms with Crippen LogP contribution in [0.1, 0.15) is 0 Å². The summed E-state index contributed by atoms with van der Waals surface area (Å²) in [6.45, 7) is 1.86. The van der Waals surface area contributed by atoms with Gasteiger partial charge in [-0.2, -0.15) is 0 Å². The molecule has 0 amide bonds. The van der Waals surface area contributed by atoms with Crippen molar-refractivity contribution in [3.63, 3.8) is 0 Å². The van der Waals surface area contributed by atoms with Crippen molar-refractivity contribution in [1.82, 2.24) is 5.32 Å². The third-order valence-corrected chi connectivity index (χ3v) is 4.11. The van der Waals surface area contributed by atoms with Crippen LogP contribution in [-0.2, 0) is 0 Å². The number of hydrogen-bond donors (Lipinski definition) is 2. The molecule has 8 heteroatoms. The van der Waals surface area contributed by atoms with Crippen molar-refractivity contribution in [1.29, 1.82) is 0 Å². The minimum atomic E-state index is -0.641. The largest absolute Gasteiger partial charge is 0.491 e. The Kier molecular flexibility index (Phi) is 6.49. The number of hydrogen-bond acceptors (Lipinski definition) is 7. The number of rotatable bonds is 7. The van der Waals surface area contributed by atoms with Gasteiger partial charge in [-0.15, -0.1) is 12.4 Å². The fourth-order valence-electron chi connectivity index (χ4n) is 2.79. The summed E-state index contributed by atoms with van der Waals surface area (Å²) in [6.07, 6.45) is -0.732. The molecule has 27 heavy (non-hydrogen) atoms. The number of halogens is 1. The first kappa shape index (κ1) is 19.4. The molecular formula is C19H22ClNO6. The molecule has 2 heterocycles. The molecule has 7 nitrogen and oxygen atoms in total. The van der Waals surface area contributed by atoms with E-state index in [4.69, 9.17) is 23.7 Å². The molecule has 0 aliphatic carbocycles. The SMILES string of the molecule is Cl.OC(CNCC1COc2ccccc2O1)COc1ccc2c(c1)OCO2. The summed E-state index contributed by atoms with van der Waals surface area (Å²) in [5.74, 6) is 3.51. The van der Waals surface area contributed by atoms with E-state index in [0.29, 0.717) is 36.9 Å². The van der Waals surface area contributed by atoms with Crippen LogP contribution < -0.4 is 29.0 Å². The van der Waals surface area contributed by atoms with Gasteiger partial charge >= 0.3 is 0 Å². The van der Waals surface area contributed by atoms with E-state index < -0.39 is 6.10 Å². The summed E-state index contributed by atoms with van der Waals surface area (Å²) >= 11 is 0. The van der Waals surface area contributed by atoms with Crippen LogP contribution in [0.3, 0.4) is 0 Å². The van der Waals surface area contributed by atoms with Crippen LogP contribution in [0.2, 0.25) is 0 Å². The first-order chi connectivity index (χ1) is 12.8. The quantitative estimate of drug-likeness (QED) is 0.742. The van der Waals surface area contributed by atoms with Crippen molar-refractivity contribution < 1.29 is 28.8 Å². The number of para-hydroxylation sites is 2. The number of fused-ring (bicyclic) bond motifs is 2. The molecule has 2 aromatic rings. The molecule has 0 saturated heterocycles. The van der Waals surface area contributed by atoms with Crippen molar-refractivity contribution >= 4 is 12.4 Å². The first-order valence-corrected chi connectivity index (χ1v) is 8.57. The summed E-state index contributed by atoms with van der Waals surface area (Å²) in [5, 5.41) is 13.3. The highest BCUT2D eigenvalue weighted by Crippen LogP contribution is 2.35. The van der Waals surface area contributed by atoms with Crippen molar-refractivity contribution in [3.8, 4) is 28.7 Å². The van der Waals surface area contributed by atoms with E-state index in [1.807, 2.05) is 24.3 Å². The molecule has 0 fully saturated rings. The van der Waals surface area contributed by atoms with Crippen LogP contribution in [0, 0.1) is 0 Å². The highest BCUT2D eigenvalue weighted by molar-refractivity contribution is 5.85. The second-order valence-corrected chi connectivity index (χ2v) is 6.14. The van der Waals surface area contributed by atoms with E-state index in [0.717, 1.165) is 11.5 Å². The predicted octanol–water partition coefficient (Wildman–Crippen LogP) is 2.01. The molecule has 2 aliphatic heterocycles. The molecule has 0 radical (unpaired) electrons. The lowest BCUT2D eigenvalue weighted by molar-refractivity contribution is 0.0778. The van der Waals surface area contributed by atoms with Gasteiger partial charge in [0, 0.05) is 19.2 Å². The molecule has 2 aliphatic rings. The maximum atomic E-state index is 10.1. The molecule has 2 aromatic carbocycles. The number of nitrogens with one attached hydrogen (secondary N) is 1. The van der Waals surface area contributed by atoms with E-state index in [-0.39, 0.29) is 31.9 Å². The van der Waals surface area contributed by atoms with Gasteiger partial charge < -0.3 is 34.1 Å². The van der Waals surface area contributed by atoms with Gasteiger partial charge in [-0.05, 0) is 24.3 Å². The molecule has 2 N–H and O–H groups in total. The van der Waals surface area contributed by atoms with Gasteiger partial charge in [-0.3, -0.25) is 0 Å². The Labute approximate surface area is 163 Å². The Morgan fingerprint density at radius 2 is 1.81 bits per heavy atom. The van der Waals surface area contributed by atoms with Crippen molar-refractivity contribution in [2.45, 2.75) is 12.2 Å². The van der Waals surface area contributed by atoms with Crippen molar-refractivity contribution in [2.75, 3.05) is 33.1 Å². The third-order valence-electron chi connectivity index (χ3n) is 4.11. The van der Waals surface area contributed by atoms with E-state index in [1.54, 1.807) is 18.2 Å². The number of ether oxygens (including phenoxy) is 5. The average Bonchev–Trinajstić information content (AvgIpc) is 3.14. The Hall–Kier alpha value is -2.35. The molecule has 146 valence electrons. The van der Waals surface area contributed by atoms with Crippen LogP contribution in [0.25, 0.3) is 0 Å². The van der Waals surface area contributed by atoms with Gasteiger partial charge in [0.15, 0.2) is 23.0 Å². The Morgan fingerprint density at radius 1 is 1.04 bits per heavy atom. The van der Waals surface area contributed by atoms with Crippen LogP contribution in [0.5, 0.6) is 28.7 Å². The maximum Gasteiger partial charge on any atom is 0.231 e. The Morgan fingerprint density at radius 3 is 2.70 bits per heavy atom. The van der Waals surface area contributed by atoms with Gasteiger partial charge in [0.1, 0.15) is 31.2 Å². The smallest absolute Gasteiger partial charge is 0.231 e. The molecule has 0 saturated carbocycles. The zero-order chi connectivity index (χ0) is 17.8. The average molecular weight is 396 g/mol. The van der Waals surface area contributed by atoms with Crippen LogP contribution in [-0.4, -0.2) is 50.4 Å². The zero-order valence-electron chi connectivity index (χ0n) is 14.6. The van der Waals surface area contributed by atoms with Gasteiger partial charge in [0.25, 0.3) is 0 Å². The van der Waals surface area contributed by atoms with Crippen molar-refractivity contribution in [3.05, 3.63) is 42.5 Å². The highest BCUT2D eigenvalue weighted by Gasteiger charge is 2.20. The molecule has 0 spiro atoms. The Balaban J connectivity index is 0.00000210. The van der Waals surface area contributed by atoms with Crippen LogP contribution >= 0.6 is 12.4 Å². The van der Waals surface area contributed by atoms with Gasteiger partial charge in [0.2, 0.25) is 6.79 Å². The summed E-state index contributed by atoms with van der Waals surface area (Å²) in [4.78, 5) is 0. The summed E-state index contributed by atoms with van der Waals surface area (Å²) < 4.78 is 27.7. The first-order valence-electron chi connectivity index (χ1n) is 8.57. The second kappa shape index (κ2) is 9.03. The minimum Gasteiger partial charge on any atom is -0.491 e. The lowest BCUT2D eigenvalue weighted by atomic mass is 10.2. The molecule has 2 atom stereocenters. The van der Waals surface area contributed by atoms with Gasteiger partial charge in [-0.25, -0.2) is 0 Å². The monoisotopic (exact) mass is 395 g/mol. The molecular weight excluding hydrogens is 374 g/mol. The molecule has 4 rings (SSSR count). The number of aliphatic hydroxyl groups is 1. The lowest BCUT2D eigenvalue weighted by Gasteiger charge is -2.27. The predicted molar refractivity (Wildman–Crippen MR) is 101 cm³/mol. The second-order valence-electron chi connectivity index (χ2n) is 6.14. The van der Waals surface area contributed by atoms with Crippen molar-refractivity contribution in [2.24, 2.45) is 0 Å². The summed E-state index contributed by atoms with van der Waals surface area (Å²) in [6, 6.07) is 12.9.